The molecule has 0 unspecified atom stereocenters. The molecule has 0 saturated heterocycles. The van der Waals surface area contributed by atoms with Crippen molar-refractivity contribution in [2.24, 2.45) is 0 Å². The number of nitrogens with two attached hydrogens (primary N) is 1. The Labute approximate surface area is 105 Å². The minimum atomic E-state index is 0.793. The van der Waals surface area contributed by atoms with Gasteiger partial charge < -0.3 is 10.5 Å². The second-order valence-electron chi connectivity index (χ2n) is 4.21. The van der Waals surface area contributed by atoms with Crippen LogP contribution in [-0.2, 0) is 11.3 Å². The maximum atomic E-state index is 5.68. The molecule has 0 bridgehead atoms. The molecule has 0 heterocycles. The molecule has 1 rings (SSSR count). The van der Waals surface area contributed by atoms with Gasteiger partial charge in [0.1, 0.15) is 0 Å². The van der Waals surface area contributed by atoms with Crippen LogP contribution in [0.3, 0.4) is 0 Å². The summed E-state index contributed by atoms with van der Waals surface area (Å²) in [6.07, 6.45) is 1.17. The van der Waals surface area contributed by atoms with Gasteiger partial charge >= 0.3 is 0 Å². The van der Waals surface area contributed by atoms with Gasteiger partial charge in [0.15, 0.2) is 0 Å². The van der Waals surface area contributed by atoms with E-state index in [4.69, 9.17) is 10.5 Å². The summed E-state index contributed by atoms with van der Waals surface area (Å²) < 4.78 is 5.41. The third kappa shape index (κ3) is 5.71. The minimum absolute atomic E-state index is 0.793. The average molecular weight is 236 g/mol. The van der Waals surface area contributed by atoms with Gasteiger partial charge in [-0.25, -0.2) is 0 Å². The van der Waals surface area contributed by atoms with Gasteiger partial charge in [0, 0.05) is 25.4 Å². The number of anilines is 1. The van der Waals surface area contributed by atoms with Crippen LogP contribution in [0.1, 0.15) is 25.8 Å². The Morgan fingerprint density at radius 2 is 1.82 bits per heavy atom. The van der Waals surface area contributed by atoms with E-state index >= 15 is 0 Å². The first-order valence-electron chi connectivity index (χ1n) is 6.40. The number of benzene rings is 1. The lowest BCUT2D eigenvalue weighted by Gasteiger charge is -2.21. The van der Waals surface area contributed by atoms with Crippen LogP contribution in [0.4, 0.5) is 5.69 Å². The third-order valence-corrected chi connectivity index (χ3v) is 2.68. The number of nitrogens with zero attached hydrogens (tertiary/aromatic N) is 1. The normalized spacial score (nSPS) is 11.0. The van der Waals surface area contributed by atoms with Gasteiger partial charge in [0.2, 0.25) is 0 Å². The summed E-state index contributed by atoms with van der Waals surface area (Å²) in [5.41, 5.74) is 7.81. The quantitative estimate of drug-likeness (QED) is 0.557. The highest BCUT2D eigenvalue weighted by atomic mass is 16.5. The van der Waals surface area contributed by atoms with E-state index in [1.54, 1.807) is 0 Å². The lowest BCUT2D eigenvalue weighted by atomic mass is 10.2. The molecule has 96 valence electrons. The maximum absolute atomic E-state index is 5.68. The van der Waals surface area contributed by atoms with E-state index in [9.17, 15) is 0 Å². The molecule has 17 heavy (non-hydrogen) atoms. The van der Waals surface area contributed by atoms with Gasteiger partial charge in [-0.1, -0.05) is 19.1 Å². The van der Waals surface area contributed by atoms with Crippen molar-refractivity contribution in [2.45, 2.75) is 26.8 Å². The molecule has 2 N–H and O–H groups in total. The molecule has 0 aliphatic heterocycles. The smallest absolute Gasteiger partial charge is 0.0593 e. The Morgan fingerprint density at radius 1 is 1.12 bits per heavy atom. The highest BCUT2D eigenvalue weighted by Gasteiger charge is 2.04. The number of rotatable bonds is 8. The zero-order chi connectivity index (χ0) is 12.5. The molecular formula is C14H24N2O. The summed E-state index contributed by atoms with van der Waals surface area (Å²) in [6.45, 7) is 8.92. The van der Waals surface area contributed by atoms with Crippen LogP contribution in [0.2, 0.25) is 0 Å². The van der Waals surface area contributed by atoms with Crippen molar-refractivity contribution in [2.75, 3.05) is 32.0 Å². The van der Waals surface area contributed by atoms with Gasteiger partial charge in [-0.3, -0.25) is 4.90 Å². The summed E-state index contributed by atoms with van der Waals surface area (Å²) >= 11 is 0. The van der Waals surface area contributed by atoms with Crippen molar-refractivity contribution in [1.82, 2.24) is 4.90 Å². The molecule has 0 aliphatic carbocycles. The molecule has 0 aliphatic rings. The lowest BCUT2D eigenvalue weighted by molar-refractivity contribution is 0.110. The predicted molar refractivity (Wildman–Crippen MR) is 72.9 cm³/mol. The molecule has 0 aromatic heterocycles. The largest absolute Gasteiger partial charge is 0.399 e. The molecule has 0 atom stereocenters. The topological polar surface area (TPSA) is 38.5 Å². The van der Waals surface area contributed by atoms with Crippen molar-refractivity contribution in [3.05, 3.63) is 29.8 Å². The number of hydrogen-bond donors (Lipinski definition) is 1. The van der Waals surface area contributed by atoms with Gasteiger partial charge in [-0.15, -0.1) is 0 Å². The van der Waals surface area contributed by atoms with Gasteiger partial charge in [0.25, 0.3) is 0 Å². The van der Waals surface area contributed by atoms with Crippen LogP contribution >= 0.6 is 0 Å². The van der Waals surface area contributed by atoms with Crippen molar-refractivity contribution < 1.29 is 4.74 Å². The third-order valence-electron chi connectivity index (χ3n) is 2.68. The first-order valence-corrected chi connectivity index (χ1v) is 6.40. The standard InChI is InChI=1S/C14H24N2O/c1-3-9-16(10-11-17-4-2)12-13-5-7-14(15)8-6-13/h5-8H,3-4,9-12,15H2,1-2H3. The molecule has 1 aromatic carbocycles. The monoisotopic (exact) mass is 236 g/mol. The number of ether oxygens (including phenoxy) is 1. The highest BCUT2D eigenvalue weighted by Crippen LogP contribution is 2.08. The van der Waals surface area contributed by atoms with Crippen LogP contribution in [0.25, 0.3) is 0 Å². The van der Waals surface area contributed by atoms with Crippen LogP contribution in [0.15, 0.2) is 24.3 Å². The second-order valence-corrected chi connectivity index (χ2v) is 4.21. The van der Waals surface area contributed by atoms with E-state index < -0.39 is 0 Å². The van der Waals surface area contributed by atoms with E-state index in [2.05, 4.69) is 24.0 Å². The SMILES string of the molecule is CCCN(CCOCC)Cc1ccc(N)cc1. The Balaban J connectivity index is 2.44. The zero-order valence-corrected chi connectivity index (χ0v) is 11.0. The minimum Gasteiger partial charge on any atom is -0.399 e. The first kappa shape index (κ1) is 14.0. The summed E-state index contributed by atoms with van der Waals surface area (Å²) in [7, 11) is 0. The highest BCUT2D eigenvalue weighted by molar-refractivity contribution is 5.39. The molecular weight excluding hydrogens is 212 g/mol. The van der Waals surface area contributed by atoms with Crippen LogP contribution in [0.5, 0.6) is 0 Å². The van der Waals surface area contributed by atoms with E-state index in [0.29, 0.717) is 0 Å². The van der Waals surface area contributed by atoms with Gasteiger partial charge in [0.05, 0.1) is 6.61 Å². The Morgan fingerprint density at radius 3 is 2.41 bits per heavy atom. The fraction of sp³-hybridized carbons (Fsp3) is 0.571. The summed E-state index contributed by atoms with van der Waals surface area (Å²) in [5.74, 6) is 0. The molecule has 1 aromatic rings. The Bertz CT molecular complexity index is 298. The molecule has 3 heteroatoms. The van der Waals surface area contributed by atoms with E-state index in [-0.39, 0.29) is 0 Å². The zero-order valence-electron chi connectivity index (χ0n) is 11.0. The van der Waals surface area contributed by atoms with Crippen LogP contribution in [0, 0.1) is 0 Å². The summed E-state index contributed by atoms with van der Waals surface area (Å²) in [5, 5.41) is 0. The molecule has 0 fully saturated rings. The van der Waals surface area contributed by atoms with E-state index in [0.717, 1.165) is 38.5 Å². The Kier molecular flexibility index (Phi) is 6.67. The predicted octanol–water partition coefficient (Wildman–Crippen LogP) is 2.52. The molecule has 0 saturated carbocycles. The summed E-state index contributed by atoms with van der Waals surface area (Å²) in [6, 6.07) is 8.11. The van der Waals surface area contributed by atoms with Crippen molar-refractivity contribution in [3.63, 3.8) is 0 Å². The average Bonchev–Trinajstić information content (AvgIpc) is 2.32. The van der Waals surface area contributed by atoms with Crippen molar-refractivity contribution in [3.8, 4) is 0 Å². The van der Waals surface area contributed by atoms with Gasteiger partial charge in [-0.2, -0.15) is 0 Å². The Hall–Kier alpha value is -1.06. The van der Waals surface area contributed by atoms with Crippen molar-refractivity contribution >= 4 is 5.69 Å². The van der Waals surface area contributed by atoms with Gasteiger partial charge in [-0.05, 0) is 37.6 Å². The van der Waals surface area contributed by atoms with E-state index in [1.807, 2.05) is 19.1 Å². The molecule has 3 nitrogen and oxygen atoms in total. The fourth-order valence-corrected chi connectivity index (χ4v) is 1.81. The molecule has 0 radical (unpaired) electrons. The lowest BCUT2D eigenvalue weighted by Crippen LogP contribution is -2.28. The summed E-state index contributed by atoms with van der Waals surface area (Å²) in [4.78, 5) is 2.42. The number of hydrogen-bond acceptors (Lipinski definition) is 3. The number of nitrogen functional groups attached to an aromatic ring is 1. The van der Waals surface area contributed by atoms with Crippen molar-refractivity contribution in [1.29, 1.82) is 0 Å². The maximum Gasteiger partial charge on any atom is 0.0593 e. The molecule has 0 spiro atoms. The second kappa shape index (κ2) is 8.09. The molecule has 0 amide bonds. The van der Waals surface area contributed by atoms with Crippen LogP contribution in [-0.4, -0.2) is 31.2 Å². The first-order chi connectivity index (χ1) is 8.26. The van der Waals surface area contributed by atoms with Crippen LogP contribution < -0.4 is 5.73 Å². The van der Waals surface area contributed by atoms with E-state index in [1.165, 1.54) is 12.0 Å². The fourth-order valence-electron chi connectivity index (χ4n) is 1.81.